The standard InChI is InChI=1S/C8H13NO4/c1-4-13-8(10)5-7(6(2)3)9(11)12/h5-6H,4H2,1-3H3/b7-5+. The summed E-state index contributed by atoms with van der Waals surface area (Å²) in [6.07, 6.45) is 0.925. The monoisotopic (exact) mass is 187 g/mol. The molecular weight excluding hydrogens is 174 g/mol. The lowest BCUT2D eigenvalue weighted by Gasteiger charge is -2.01. The van der Waals surface area contributed by atoms with Gasteiger partial charge in [0.15, 0.2) is 0 Å². The van der Waals surface area contributed by atoms with Crippen LogP contribution in [0.4, 0.5) is 0 Å². The highest BCUT2D eigenvalue weighted by Crippen LogP contribution is 2.09. The lowest BCUT2D eigenvalue weighted by atomic mass is 10.1. The molecule has 0 radical (unpaired) electrons. The summed E-state index contributed by atoms with van der Waals surface area (Å²) in [5.74, 6) is -0.956. The maximum atomic E-state index is 10.9. The van der Waals surface area contributed by atoms with Crippen molar-refractivity contribution in [3.05, 3.63) is 21.9 Å². The number of rotatable bonds is 4. The number of carbonyl (C=O) groups excluding carboxylic acids is 1. The second kappa shape index (κ2) is 5.29. The molecule has 0 unspecified atom stereocenters. The van der Waals surface area contributed by atoms with Crippen molar-refractivity contribution in [1.29, 1.82) is 0 Å². The number of esters is 1. The molecule has 0 saturated heterocycles. The van der Waals surface area contributed by atoms with Gasteiger partial charge in [0.05, 0.1) is 17.6 Å². The van der Waals surface area contributed by atoms with Gasteiger partial charge >= 0.3 is 5.97 Å². The fraction of sp³-hybridized carbons (Fsp3) is 0.625. The molecule has 0 aliphatic rings. The summed E-state index contributed by atoms with van der Waals surface area (Å²) in [6.45, 7) is 5.16. The molecule has 0 fully saturated rings. The van der Waals surface area contributed by atoms with Crippen LogP contribution in [-0.2, 0) is 9.53 Å². The van der Waals surface area contributed by atoms with E-state index in [1.165, 1.54) is 0 Å². The summed E-state index contributed by atoms with van der Waals surface area (Å²) in [6, 6.07) is 0. The molecule has 0 saturated carbocycles. The first kappa shape index (κ1) is 11.6. The molecule has 13 heavy (non-hydrogen) atoms. The van der Waals surface area contributed by atoms with Gasteiger partial charge in [0.25, 0.3) is 5.70 Å². The fourth-order valence-electron chi connectivity index (χ4n) is 0.735. The van der Waals surface area contributed by atoms with Crippen LogP contribution in [0.15, 0.2) is 11.8 Å². The van der Waals surface area contributed by atoms with E-state index in [2.05, 4.69) is 4.74 Å². The molecule has 5 heteroatoms. The Morgan fingerprint density at radius 2 is 2.15 bits per heavy atom. The molecule has 0 atom stereocenters. The fourth-order valence-corrected chi connectivity index (χ4v) is 0.735. The second-order valence-corrected chi connectivity index (χ2v) is 2.73. The van der Waals surface area contributed by atoms with E-state index in [4.69, 9.17) is 0 Å². The van der Waals surface area contributed by atoms with E-state index in [0.717, 1.165) is 6.08 Å². The average molecular weight is 187 g/mol. The van der Waals surface area contributed by atoms with Gasteiger partial charge < -0.3 is 4.74 Å². The van der Waals surface area contributed by atoms with Gasteiger partial charge in [-0.2, -0.15) is 0 Å². The van der Waals surface area contributed by atoms with Gasteiger partial charge in [-0.25, -0.2) is 4.79 Å². The van der Waals surface area contributed by atoms with E-state index >= 15 is 0 Å². The van der Waals surface area contributed by atoms with Gasteiger partial charge in [-0.1, -0.05) is 13.8 Å². The highest BCUT2D eigenvalue weighted by Gasteiger charge is 2.17. The Bertz CT molecular complexity index is 232. The van der Waals surface area contributed by atoms with E-state index in [0.29, 0.717) is 0 Å². The Morgan fingerprint density at radius 3 is 2.46 bits per heavy atom. The summed E-state index contributed by atoms with van der Waals surface area (Å²) in [4.78, 5) is 20.7. The van der Waals surface area contributed by atoms with Crippen LogP contribution >= 0.6 is 0 Å². The summed E-state index contributed by atoms with van der Waals surface area (Å²) in [5.41, 5.74) is -0.126. The van der Waals surface area contributed by atoms with Crippen LogP contribution in [0.2, 0.25) is 0 Å². The second-order valence-electron chi connectivity index (χ2n) is 2.73. The predicted molar refractivity (Wildman–Crippen MR) is 46.5 cm³/mol. The highest BCUT2D eigenvalue weighted by molar-refractivity contribution is 5.82. The first-order valence-corrected chi connectivity index (χ1v) is 4.01. The van der Waals surface area contributed by atoms with Gasteiger partial charge in [-0.3, -0.25) is 10.1 Å². The summed E-state index contributed by atoms with van der Waals surface area (Å²) in [5, 5.41) is 10.4. The smallest absolute Gasteiger partial charge is 0.337 e. The normalized spacial score (nSPS) is 11.5. The van der Waals surface area contributed by atoms with Crippen molar-refractivity contribution in [2.24, 2.45) is 5.92 Å². The zero-order chi connectivity index (χ0) is 10.4. The van der Waals surface area contributed by atoms with Crippen molar-refractivity contribution >= 4 is 5.97 Å². The minimum absolute atomic E-state index is 0.126. The Kier molecular flexibility index (Phi) is 4.72. The SMILES string of the molecule is CCOC(=O)/C=C(\C(C)C)[N+](=O)[O-]. The lowest BCUT2D eigenvalue weighted by Crippen LogP contribution is -2.10. The molecule has 0 aromatic heterocycles. The maximum absolute atomic E-state index is 10.9. The van der Waals surface area contributed by atoms with E-state index in [9.17, 15) is 14.9 Å². The van der Waals surface area contributed by atoms with E-state index in [-0.39, 0.29) is 18.2 Å². The molecular formula is C8H13NO4. The number of nitrogens with zero attached hydrogens (tertiary/aromatic N) is 1. The van der Waals surface area contributed by atoms with Gasteiger partial charge in [0, 0.05) is 5.92 Å². The van der Waals surface area contributed by atoms with Crippen LogP contribution in [-0.4, -0.2) is 17.5 Å². The number of hydrogen-bond donors (Lipinski definition) is 0. The molecule has 0 amide bonds. The third-order valence-electron chi connectivity index (χ3n) is 1.35. The van der Waals surface area contributed by atoms with Gasteiger partial charge in [-0.15, -0.1) is 0 Å². The molecule has 0 heterocycles. The van der Waals surface area contributed by atoms with Crippen LogP contribution in [0, 0.1) is 16.0 Å². The number of ether oxygens (including phenoxy) is 1. The molecule has 0 rings (SSSR count). The van der Waals surface area contributed by atoms with Crippen LogP contribution in [0.3, 0.4) is 0 Å². The predicted octanol–water partition coefficient (Wildman–Crippen LogP) is 1.37. The van der Waals surface area contributed by atoms with Gasteiger partial charge in [0.1, 0.15) is 0 Å². The topological polar surface area (TPSA) is 69.4 Å². The van der Waals surface area contributed by atoms with Crippen molar-refractivity contribution in [2.75, 3.05) is 6.61 Å². The number of allylic oxidation sites excluding steroid dienone is 1. The maximum Gasteiger partial charge on any atom is 0.337 e. The first-order chi connectivity index (χ1) is 5.99. The van der Waals surface area contributed by atoms with Crippen LogP contribution < -0.4 is 0 Å². The van der Waals surface area contributed by atoms with Gasteiger partial charge in [0.2, 0.25) is 0 Å². The van der Waals surface area contributed by atoms with Crippen molar-refractivity contribution in [2.45, 2.75) is 20.8 Å². The Balaban J connectivity index is 4.54. The molecule has 0 aromatic carbocycles. The minimum atomic E-state index is -0.664. The summed E-state index contributed by atoms with van der Waals surface area (Å²) in [7, 11) is 0. The van der Waals surface area contributed by atoms with E-state index < -0.39 is 10.9 Å². The highest BCUT2D eigenvalue weighted by atomic mass is 16.6. The number of nitro groups is 1. The Hall–Kier alpha value is -1.39. The van der Waals surface area contributed by atoms with Crippen LogP contribution in [0.5, 0.6) is 0 Å². The van der Waals surface area contributed by atoms with Crippen molar-refractivity contribution in [3.8, 4) is 0 Å². The lowest BCUT2D eigenvalue weighted by molar-refractivity contribution is -0.432. The molecule has 0 aliphatic heterocycles. The van der Waals surface area contributed by atoms with Crippen molar-refractivity contribution in [1.82, 2.24) is 0 Å². The molecule has 0 N–H and O–H groups in total. The van der Waals surface area contributed by atoms with Crippen molar-refractivity contribution < 1.29 is 14.5 Å². The number of carbonyl (C=O) groups is 1. The number of hydrogen-bond acceptors (Lipinski definition) is 4. The quantitative estimate of drug-likeness (QED) is 0.288. The zero-order valence-corrected chi connectivity index (χ0v) is 7.94. The van der Waals surface area contributed by atoms with Crippen molar-refractivity contribution in [3.63, 3.8) is 0 Å². The van der Waals surface area contributed by atoms with E-state index in [1.807, 2.05) is 0 Å². The molecule has 0 spiro atoms. The average Bonchev–Trinajstić information content (AvgIpc) is 1.99. The zero-order valence-electron chi connectivity index (χ0n) is 7.94. The van der Waals surface area contributed by atoms with Crippen LogP contribution in [0.1, 0.15) is 20.8 Å². The first-order valence-electron chi connectivity index (χ1n) is 4.01. The molecule has 5 nitrogen and oxygen atoms in total. The third kappa shape index (κ3) is 4.25. The Morgan fingerprint density at radius 1 is 1.62 bits per heavy atom. The summed E-state index contributed by atoms with van der Waals surface area (Å²) < 4.78 is 4.55. The van der Waals surface area contributed by atoms with Gasteiger partial charge in [-0.05, 0) is 6.92 Å². The van der Waals surface area contributed by atoms with Crippen LogP contribution in [0.25, 0.3) is 0 Å². The minimum Gasteiger partial charge on any atom is -0.463 e. The molecule has 74 valence electrons. The molecule has 0 aromatic rings. The Labute approximate surface area is 76.5 Å². The van der Waals surface area contributed by atoms with E-state index in [1.54, 1.807) is 20.8 Å². The summed E-state index contributed by atoms with van der Waals surface area (Å²) >= 11 is 0. The molecule has 0 bridgehead atoms. The molecule has 0 aliphatic carbocycles. The third-order valence-corrected chi connectivity index (χ3v) is 1.35. The largest absolute Gasteiger partial charge is 0.463 e.